The van der Waals surface area contributed by atoms with E-state index in [1.54, 1.807) is 59.2 Å². The molecule has 0 saturated carbocycles. The Labute approximate surface area is 174 Å². The van der Waals surface area contributed by atoms with Gasteiger partial charge in [0.15, 0.2) is 0 Å². The highest BCUT2D eigenvalue weighted by Crippen LogP contribution is 2.30. The Morgan fingerprint density at radius 2 is 1.77 bits per heavy atom. The first-order chi connectivity index (χ1) is 14.4. The van der Waals surface area contributed by atoms with Crippen molar-refractivity contribution in [3.63, 3.8) is 0 Å². The molecular formula is C24H21N5O. The highest BCUT2D eigenvalue weighted by Gasteiger charge is 2.16. The number of hydrogen-bond acceptors (Lipinski definition) is 4. The van der Waals surface area contributed by atoms with Gasteiger partial charge in [-0.15, -0.1) is 0 Å². The van der Waals surface area contributed by atoms with Gasteiger partial charge in [0.2, 0.25) is 0 Å². The van der Waals surface area contributed by atoms with Gasteiger partial charge >= 0.3 is 0 Å². The largest absolute Gasteiger partial charge is 0.398 e. The predicted molar refractivity (Wildman–Crippen MR) is 118 cm³/mol. The molecule has 0 radical (unpaired) electrons. The van der Waals surface area contributed by atoms with Crippen LogP contribution in [0, 0.1) is 25.2 Å². The number of aryl methyl sites for hydroxylation is 2. The van der Waals surface area contributed by atoms with Gasteiger partial charge in [-0.1, -0.05) is 0 Å². The van der Waals surface area contributed by atoms with Crippen LogP contribution in [0.5, 0.6) is 0 Å². The molecule has 0 spiro atoms. The molecule has 6 heteroatoms. The Balaban J connectivity index is 1.73. The number of anilines is 2. The van der Waals surface area contributed by atoms with Gasteiger partial charge in [0, 0.05) is 35.7 Å². The molecule has 0 aliphatic heterocycles. The van der Waals surface area contributed by atoms with Crippen LogP contribution >= 0.6 is 0 Å². The van der Waals surface area contributed by atoms with Gasteiger partial charge in [-0.2, -0.15) is 10.4 Å². The van der Waals surface area contributed by atoms with Crippen molar-refractivity contribution >= 4 is 22.8 Å². The topological polar surface area (TPSA) is 87.4 Å². The van der Waals surface area contributed by atoms with Gasteiger partial charge in [0.25, 0.3) is 5.91 Å². The third kappa shape index (κ3) is 3.27. The van der Waals surface area contributed by atoms with Gasteiger partial charge in [-0.05, 0) is 79.1 Å². The molecule has 0 bridgehead atoms. The van der Waals surface area contributed by atoms with Crippen LogP contribution in [0.3, 0.4) is 0 Å². The van der Waals surface area contributed by atoms with E-state index in [0.717, 1.165) is 39.1 Å². The summed E-state index contributed by atoms with van der Waals surface area (Å²) < 4.78 is 1.76. The summed E-state index contributed by atoms with van der Waals surface area (Å²) in [6.45, 7) is 3.97. The number of nitrogens with zero attached hydrogens (tertiary/aromatic N) is 4. The van der Waals surface area contributed by atoms with Crippen LogP contribution in [0.2, 0.25) is 0 Å². The highest BCUT2D eigenvalue weighted by atomic mass is 16.2. The number of aromatic nitrogens is 2. The summed E-state index contributed by atoms with van der Waals surface area (Å²) in [5.41, 5.74) is 13.5. The lowest BCUT2D eigenvalue weighted by atomic mass is 9.99. The van der Waals surface area contributed by atoms with E-state index in [1.165, 1.54) is 0 Å². The van der Waals surface area contributed by atoms with Gasteiger partial charge < -0.3 is 10.6 Å². The second kappa shape index (κ2) is 7.37. The number of pyridine rings is 1. The van der Waals surface area contributed by atoms with E-state index in [1.807, 2.05) is 32.0 Å². The Bertz CT molecular complexity index is 1290. The van der Waals surface area contributed by atoms with Crippen molar-refractivity contribution in [1.29, 1.82) is 5.26 Å². The third-order valence-electron chi connectivity index (χ3n) is 5.36. The molecule has 4 rings (SSSR count). The molecule has 0 saturated heterocycles. The normalized spacial score (nSPS) is 10.7. The molecule has 2 N–H and O–H groups in total. The van der Waals surface area contributed by atoms with Gasteiger partial charge in [-0.25, -0.2) is 4.52 Å². The maximum Gasteiger partial charge on any atom is 0.258 e. The Hall–Kier alpha value is -4.11. The van der Waals surface area contributed by atoms with Crippen LogP contribution in [0.15, 0.2) is 60.9 Å². The average molecular weight is 395 g/mol. The molecule has 2 aromatic heterocycles. The SMILES string of the molecule is Cc1cc(-c2cnn3ccc(C(=O)N(C)c4ccc(C#N)cc4)cc23)cc(C)c1N. The monoisotopic (exact) mass is 395 g/mol. The number of hydrogen-bond donors (Lipinski definition) is 1. The smallest absolute Gasteiger partial charge is 0.258 e. The van der Waals surface area contributed by atoms with Crippen molar-refractivity contribution in [3.8, 4) is 17.2 Å². The molecule has 148 valence electrons. The van der Waals surface area contributed by atoms with E-state index in [2.05, 4.69) is 11.2 Å². The summed E-state index contributed by atoms with van der Waals surface area (Å²) in [7, 11) is 1.72. The van der Waals surface area contributed by atoms with E-state index in [4.69, 9.17) is 11.0 Å². The molecule has 0 atom stereocenters. The summed E-state index contributed by atoms with van der Waals surface area (Å²) in [6, 6.07) is 16.7. The lowest BCUT2D eigenvalue weighted by Crippen LogP contribution is -2.26. The lowest BCUT2D eigenvalue weighted by molar-refractivity contribution is 0.0993. The minimum atomic E-state index is -0.140. The van der Waals surface area contributed by atoms with Crippen molar-refractivity contribution in [2.45, 2.75) is 13.8 Å². The third-order valence-corrected chi connectivity index (χ3v) is 5.36. The fourth-order valence-electron chi connectivity index (χ4n) is 3.54. The average Bonchev–Trinajstić information content (AvgIpc) is 3.19. The number of rotatable bonds is 3. The van der Waals surface area contributed by atoms with Crippen molar-refractivity contribution in [2.24, 2.45) is 0 Å². The van der Waals surface area contributed by atoms with Gasteiger partial charge in [0.05, 0.1) is 23.3 Å². The minimum Gasteiger partial charge on any atom is -0.398 e. The fourth-order valence-corrected chi connectivity index (χ4v) is 3.54. The summed E-state index contributed by atoms with van der Waals surface area (Å²) >= 11 is 0. The van der Waals surface area contributed by atoms with Crippen molar-refractivity contribution in [1.82, 2.24) is 9.61 Å². The molecule has 6 nitrogen and oxygen atoms in total. The molecule has 0 aliphatic rings. The zero-order valence-electron chi connectivity index (χ0n) is 17.0. The molecule has 0 fully saturated rings. The number of nitrogen functional groups attached to an aromatic ring is 1. The first kappa shape index (κ1) is 19.2. The van der Waals surface area contributed by atoms with Crippen LogP contribution < -0.4 is 10.6 Å². The number of amides is 1. The van der Waals surface area contributed by atoms with Gasteiger partial charge in [-0.3, -0.25) is 4.79 Å². The van der Waals surface area contributed by atoms with Crippen molar-refractivity contribution in [2.75, 3.05) is 17.7 Å². The van der Waals surface area contributed by atoms with Crippen molar-refractivity contribution < 1.29 is 4.79 Å². The maximum absolute atomic E-state index is 13.1. The van der Waals surface area contributed by atoms with E-state index in [0.29, 0.717) is 11.1 Å². The molecule has 0 unspecified atom stereocenters. The van der Waals surface area contributed by atoms with Crippen molar-refractivity contribution in [3.05, 3.63) is 83.2 Å². The maximum atomic E-state index is 13.1. The number of carbonyl (C=O) groups excluding carboxylic acids is 1. The van der Waals surface area contributed by atoms with Crippen LogP contribution in [0.1, 0.15) is 27.0 Å². The predicted octanol–water partition coefficient (Wildman–Crippen LogP) is 4.35. The molecule has 2 aromatic carbocycles. The minimum absolute atomic E-state index is 0.140. The van der Waals surface area contributed by atoms with E-state index >= 15 is 0 Å². The second-order valence-electron chi connectivity index (χ2n) is 7.35. The van der Waals surface area contributed by atoms with Crippen LogP contribution in [-0.2, 0) is 0 Å². The first-order valence-electron chi connectivity index (χ1n) is 9.51. The number of benzene rings is 2. The lowest BCUT2D eigenvalue weighted by Gasteiger charge is -2.17. The van der Waals surface area contributed by atoms with Gasteiger partial charge in [0.1, 0.15) is 0 Å². The molecule has 2 heterocycles. The van der Waals surface area contributed by atoms with E-state index in [-0.39, 0.29) is 5.91 Å². The first-order valence-corrected chi connectivity index (χ1v) is 9.51. The van der Waals surface area contributed by atoms with Crippen LogP contribution in [-0.4, -0.2) is 22.6 Å². The molecule has 30 heavy (non-hydrogen) atoms. The molecule has 1 amide bonds. The number of fused-ring (bicyclic) bond motifs is 1. The fraction of sp³-hybridized carbons (Fsp3) is 0.125. The van der Waals surface area contributed by atoms with E-state index in [9.17, 15) is 4.79 Å². The Morgan fingerprint density at radius 1 is 1.10 bits per heavy atom. The standard InChI is InChI=1S/C24H21N5O/c1-15-10-19(11-16(2)23(15)26)21-14-27-29-9-8-18(12-22(21)29)24(30)28(3)20-6-4-17(13-25)5-7-20/h4-12,14H,26H2,1-3H3. The quantitative estimate of drug-likeness (QED) is 0.523. The number of carbonyl (C=O) groups is 1. The highest BCUT2D eigenvalue weighted by molar-refractivity contribution is 6.06. The Kier molecular flexibility index (Phi) is 4.72. The van der Waals surface area contributed by atoms with Crippen LogP contribution in [0.4, 0.5) is 11.4 Å². The van der Waals surface area contributed by atoms with E-state index < -0.39 is 0 Å². The summed E-state index contributed by atoms with van der Waals surface area (Å²) in [5, 5.41) is 13.4. The summed E-state index contributed by atoms with van der Waals surface area (Å²) in [4.78, 5) is 14.7. The Morgan fingerprint density at radius 3 is 2.40 bits per heavy atom. The second-order valence-corrected chi connectivity index (χ2v) is 7.35. The molecule has 4 aromatic rings. The summed E-state index contributed by atoms with van der Waals surface area (Å²) in [6.07, 6.45) is 3.59. The number of nitrogens with two attached hydrogens (primary N) is 1. The zero-order chi connectivity index (χ0) is 21.4. The molecular weight excluding hydrogens is 374 g/mol. The molecule has 0 aliphatic carbocycles. The zero-order valence-corrected chi connectivity index (χ0v) is 17.0. The summed E-state index contributed by atoms with van der Waals surface area (Å²) in [5.74, 6) is -0.140. The number of nitriles is 1. The van der Waals surface area contributed by atoms with Crippen LogP contribution in [0.25, 0.3) is 16.6 Å².